The smallest absolute Gasteiger partial charge is 0.319 e. The van der Waals surface area contributed by atoms with Gasteiger partial charge in [0.1, 0.15) is 0 Å². The molecule has 0 radical (unpaired) electrons. The first-order chi connectivity index (χ1) is 6.57. The average Bonchev–Trinajstić information content (AvgIpc) is 2.63. The van der Waals surface area contributed by atoms with Crippen LogP contribution in [0.25, 0.3) is 0 Å². The maximum absolute atomic E-state index is 11.9. The van der Waals surface area contributed by atoms with Crippen molar-refractivity contribution < 1.29 is 4.79 Å². The molecular formula is C11H22N2O. The largest absolute Gasteiger partial charge is 0.328 e. The zero-order valence-corrected chi connectivity index (χ0v) is 9.79. The molecular weight excluding hydrogens is 176 g/mol. The predicted octanol–water partition coefficient (Wildman–Crippen LogP) is 2.18. The highest BCUT2D eigenvalue weighted by Crippen LogP contribution is 2.24. The highest BCUT2D eigenvalue weighted by atomic mass is 16.2. The standard InChI is InChI=1S/C11H22N2O/c1-5-12(4)11(14)13-8-6-7-10(13)9(2)3/h9-10H,5-8H2,1-4H3. The fourth-order valence-electron chi connectivity index (χ4n) is 2.08. The number of rotatable bonds is 2. The van der Waals surface area contributed by atoms with E-state index in [0.29, 0.717) is 12.0 Å². The van der Waals surface area contributed by atoms with Gasteiger partial charge in [0.25, 0.3) is 0 Å². The summed E-state index contributed by atoms with van der Waals surface area (Å²) < 4.78 is 0. The molecule has 0 aromatic heterocycles. The van der Waals surface area contributed by atoms with E-state index in [0.717, 1.165) is 19.5 Å². The highest BCUT2D eigenvalue weighted by Gasteiger charge is 2.31. The third-order valence-corrected chi connectivity index (χ3v) is 3.12. The van der Waals surface area contributed by atoms with Crippen LogP contribution >= 0.6 is 0 Å². The maximum atomic E-state index is 11.9. The van der Waals surface area contributed by atoms with E-state index in [1.165, 1.54) is 6.42 Å². The molecule has 1 unspecified atom stereocenters. The Morgan fingerprint density at radius 1 is 1.57 bits per heavy atom. The number of carbonyl (C=O) groups excluding carboxylic acids is 1. The van der Waals surface area contributed by atoms with Crippen molar-refractivity contribution >= 4 is 6.03 Å². The molecule has 14 heavy (non-hydrogen) atoms. The molecule has 1 fully saturated rings. The van der Waals surface area contributed by atoms with Gasteiger partial charge < -0.3 is 9.80 Å². The lowest BCUT2D eigenvalue weighted by Gasteiger charge is -2.31. The van der Waals surface area contributed by atoms with Crippen LogP contribution in [0.2, 0.25) is 0 Å². The molecule has 0 bridgehead atoms. The van der Waals surface area contributed by atoms with E-state index in [2.05, 4.69) is 13.8 Å². The lowest BCUT2D eigenvalue weighted by atomic mass is 10.0. The summed E-state index contributed by atoms with van der Waals surface area (Å²) in [6, 6.07) is 0.653. The molecule has 1 atom stereocenters. The van der Waals surface area contributed by atoms with Gasteiger partial charge in [0.2, 0.25) is 0 Å². The summed E-state index contributed by atoms with van der Waals surface area (Å²) in [6.45, 7) is 8.13. The first kappa shape index (κ1) is 11.3. The molecule has 1 saturated heterocycles. The van der Waals surface area contributed by atoms with Gasteiger partial charge in [-0.15, -0.1) is 0 Å². The zero-order chi connectivity index (χ0) is 10.7. The Morgan fingerprint density at radius 2 is 2.21 bits per heavy atom. The van der Waals surface area contributed by atoms with Crippen LogP contribution in [0.4, 0.5) is 4.79 Å². The summed E-state index contributed by atoms with van der Waals surface area (Å²) in [6.07, 6.45) is 2.33. The molecule has 0 spiro atoms. The summed E-state index contributed by atoms with van der Waals surface area (Å²) in [4.78, 5) is 15.8. The van der Waals surface area contributed by atoms with E-state index in [9.17, 15) is 4.79 Å². The summed E-state index contributed by atoms with van der Waals surface area (Å²) in [7, 11) is 1.87. The Hall–Kier alpha value is -0.730. The van der Waals surface area contributed by atoms with E-state index in [4.69, 9.17) is 0 Å². The normalized spacial score (nSPS) is 21.8. The van der Waals surface area contributed by atoms with Gasteiger partial charge in [-0.1, -0.05) is 13.8 Å². The van der Waals surface area contributed by atoms with E-state index >= 15 is 0 Å². The summed E-state index contributed by atoms with van der Waals surface area (Å²) >= 11 is 0. The van der Waals surface area contributed by atoms with Gasteiger partial charge in [-0.3, -0.25) is 0 Å². The molecule has 3 nitrogen and oxygen atoms in total. The number of urea groups is 1. The molecule has 82 valence electrons. The van der Waals surface area contributed by atoms with Gasteiger partial charge in [-0.2, -0.15) is 0 Å². The summed E-state index contributed by atoms with van der Waals surface area (Å²) in [5.41, 5.74) is 0. The molecule has 0 aromatic rings. The Balaban J connectivity index is 2.62. The Bertz CT molecular complexity index is 203. The molecule has 2 amide bonds. The van der Waals surface area contributed by atoms with Crippen LogP contribution in [0.1, 0.15) is 33.6 Å². The lowest BCUT2D eigenvalue weighted by Crippen LogP contribution is -2.45. The van der Waals surface area contributed by atoms with Crippen molar-refractivity contribution in [2.75, 3.05) is 20.1 Å². The van der Waals surface area contributed by atoms with E-state index in [-0.39, 0.29) is 6.03 Å². The van der Waals surface area contributed by atoms with E-state index in [1.807, 2.05) is 18.9 Å². The van der Waals surface area contributed by atoms with Crippen molar-refractivity contribution in [2.45, 2.75) is 39.7 Å². The Morgan fingerprint density at radius 3 is 2.71 bits per heavy atom. The van der Waals surface area contributed by atoms with Crippen molar-refractivity contribution in [1.82, 2.24) is 9.80 Å². The number of hydrogen-bond acceptors (Lipinski definition) is 1. The second kappa shape index (κ2) is 4.67. The molecule has 1 rings (SSSR count). The van der Waals surface area contributed by atoms with Gasteiger partial charge in [0, 0.05) is 26.2 Å². The Kier molecular flexibility index (Phi) is 3.78. The minimum absolute atomic E-state index is 0.198. The second-order valence-corrected chi connectivity index (χ2v) is 4.44. The van der Waals surface area contributed by atoms with Gasteiger partial charge >= 0.3 is 6.03 Å². The first-order valence-electron chi connectivity index (χ1n) is 5.59. The predicted molar refractivity (Wildman–Crippen MR) is 58.3 cm³/mol. The second-order valence-electron chi connectivity index (χ2n) is 4.44. The van der Waals surface area contributed by atoms with Gasteiger partial charge in [0.15, 0.2) is 0 Å². The number of amides is 2. The minimum Gasteiger partial charge on any atom is -0.328 e. The molecule has 0 aliphatic carbocycles. The number of nitrogens with zero attached hydrogens (tertiary/aromatic N) is 2. The van der Waals surface area contributed by atoms with Gasteiger partial charge in [-0.05, 0) is 25.7 Å². The van der Waals surface area contributed by atoms with Crippen LogP contribution < -0.4 is 0 Å². The summed E-state index contributed by atoms with van der Waals surface area (Å²) in [5.74, 6) is 0.576. The van der Waals surface area contributed by atoms with Crippen molar-refractivity contribution in [1.29, 1.82) is 0 Å². The fourth-order valence-corrected chi connectivity index (χ4v) is 2.08. The van der Waals surface area contributed by atoms with Crippen LogP contribution in [0.5, 0.6) is 0 Å². The zero-order valence-electron chi connectivity index (χ0n) is 9.79. The van der Waals surface area contributed by atoms with Crippen molar-refractivity contribution in [2.24, 2.45) is 5.92 Å². The van der Waals surface area contributed by atoms with Gasteiger partial charge in [0.05, 0.1) is 0 Å². The molecule has 3 heteroatoms. The van der Waals surface area contributed by atoms with E-state index in [1.54, 1.807) is 4.90 Å². The molecule has 0 N–H and O–H groups in total. The fraction of sp³-hybridized carbons (Fsp3) is 0.909. The molecule has 1 aliphatic heterocycles. The van der Waals surface area contributed by atoms with E-state index < -0.39 is 0 Å². The SMILES string of the molecule is CCN(C)C(=O)N1CCCC1C(C)C. The van der Waals surface area contributed by atoms with Crippen LogP contribution in [0.15, 0.2) is 0 Å². The third kappa shape index (κ3) is 2.20. The number of hydrogen-bond donors (Lipinski definition) is 0. The molecule has 1 aliphatic rings. The van der Waals surface area contributed by atoms with Crippen molar-refractivity contribution in [3.63, 3.8) is 0 Å². The van der Waals surface area contributed by atoms with Crippen LogP contribution in [0.3, 0.4) is 0 Å². The van der Waals surface area contributed by atoms with Gasteiger partial charge in [-0.25, -0.2) is 4.79 Å². The highest BCUT2D eigenvalue weighted by molar-refractivity contribution is 5.74. The van der Waals surface area contributed by atoms with Crippen LogP contribution in [-0.4, -0.2) is 42.0 Å². The third-order valence-electron chi connectivity index (χ3n) is 3.12. The minimum atomic E-state index is 0.198. The molecule has 1 heterocycles. The molecule has 0 aromatic carbocycles. The topological polar surface area (TPSA) is 23.6 Å². The average molecular weight is 198 g/mol. The Labute approximate surface area is 87.1 Å². The quantitative estimate of drug-likeness (QED) is 0.667. The number of carbonyl (C=O) groups is 1. The van der Waals surface area contributed by atoms with Crippen molar-refractivity contribution in [3.05, 3.63) is 0 Å². The molecule has 0 saturated carbocycles. The first-order valence-corrected chi connectivity index (χ1v) is 5.59. The van der Waals surface area contributed by atoms with Crippen molar-refractivity contribution in [3.8, 4) is 0 Å². The van der Waals surface area contributed by atoms with Crippen LogP contribution in [0, 0.1) is 5.92 Å². The summed E-state index contributed by atoms with van der Waals surface area (Å²) in [5, 5.41) is 0. The maximum Gasteiger partial charge on any atom is 0.319 e. The van der Waals surface area contributed by atoms with Crippen LogP contribution in [-0.2, 0) is 0 Å². The lowest BCUT2D eigenvalue weighted by molar-refractivity contribution is 0.148. The monoisotopic (exact) mass is 198 g/mol. The number of likely N-dealkylation sites (tertiary alicyclic amines) is 1.